The van der Waals surface area contributed by atoms with Crippen LogP contribution >= 0.6 is 11.8 Å². The van der Waals surface area contributed by atoms with Crippen molar-refractivity contribution >= 4 is 11.8 Å². The first kappa shape index (κ1) is 14.4. The van der Waals surface area contributed by atoms with E-state index in [0.29, 0.717) is 12.3 Å². The predicted octanol–water partition coefficient (Wildman–Crippen LogP) is 3.38. The second-order valence-corrected chi connectivity index (χ2v) is 4.94. The summed E-state index contributed by atoms with van der Waals surface area (Å²) in [7, 11) is 0. The molecule has 0 saturated heterocycles. The number of alkyl halides is 3. The van der Waals surface area contributed by atoms with Gasteiger partial charge in [-0.05, 0) is 12.5 Å². The monoisotopic (exact) mass is 263 g/mol. The first-order valence-corrected chi connectivity index (χ1v) is 6.53. The fourth-order valence-electron chi connectivity index (χ4n) is 1.37. The van der Waals surface area contributed by atoms with Crippen LogP contribution in [0.4, 0.5) is 13.2 Å². The van der Waals surface area contributed by atoms with Crippen LogP contribution in [0.5, 0.6) is 0 Å². The lowest BCUT2D eigenvalue weighted by Crippen LogP contribution is -2.30. The molecule has 0 amide bonds. The van der Waals surface area contributed by atoms with E-state index in [9.17, 15) is 13.2 Å². The van der Waals surface area contributed by atoms with Crippen LogP contribution in [0.3, 0.4) is 0 Å². The zero-order valence-electron chi connectivity index (χ0n) is 9.68. The SMILES string of the molecule is Cc1cccc(CSCCNCC(F)(F)F)c1. The third-order valence-corrected chi connectivity index (χ3v) is 3.13. The van der Waals surface area contributed by atoms with Gasteiger partial charge in [-0.2, -0.15) is 24.9 Å². The normalized spacial score (nSPS) is 11.8. The largest absolute Gasteiger partial charge is 0.401 e. The van der Waals surface area contributed by atoms with Crippen molar-refractivity contribution in [1.29, 1.82) is 0 Å². The second-order valence-electron chi connectivity index (χ2n) is 3.83. The average Bonchev–Trinajstić information content (AvgIpc) is 2.22. The second kappa shape index (κ2) is 6.91. The highest BCUT2D eigenvalue weighted by molar-refractivity contribution is 7.98. The topological polar surface area (TPSA) is 12.0 Å². The highest BCUT2D eigenvalue weighted by Crippen LogP contribution is 2.14. The molecule has 5 heteroatoms. The van der Waals surface area contributed by atoms with Gasteiger partial charge in [-0.3, -0.25) is 0 Å². The molecule has 0 aromatic heterocycles. The quantitative estimate of drug-likeness (QED) is 0.790. The summed E-state index contributed by atoms with van der Waals surface area (Å²) in [5.41, 5.74) is 2.42. The molecule has 0 saturated carbocycles. The molecule has 0 bridgehead atoms. The molecule has 1 aromatic carbocycles. The van der Waals surface area contributed by atoms with Gasteiger partial charge in [0.25, 0.3) is 0 Å². The minimum Gasteiger partial charge on any atom is -0.308 e. The smallest absolute Gasteiger partial charge is 0.308 e. The van der Waals surface area contributed by atoms with Crippen LogP contribution in [0.25, 0.3) is 0 Å². The van der Waals surface area contributed by atoms with Gasteiger partial charge < -0.3 is 5.32 Å². The Hall–Kier alpha value is -0.680. The van der Waals surface area contributed by atoms with Crippen molar-refractivity contribution < 1.29 is 13.2 Å². The summed E-state index contributed by atoms with van der Waals surface area (Å²) in [5, 5.41) is 2.38. The minimum absolute atomic E-state index is 0.385. The van der Waals surface area contributed by atoms with Gasteiger partial charge in [0.1, 0.15) is 0 Å². The molecule has 0 heterocycles. The molecule has 0 aliphatic carbocycles. The van der Waals surface area contributed by atoms with E-state index in [-0.39, 0.29) is 0 Å². The summed E-state index contributed by atoms with van der Waals surface area (Å²) >= 11 is 1.64. The standard InChI is InChI=1S/C12H16F3NS/c1-10-3-2-4-11(7-10)8-17-6-5-16-9-12(13,14)15/h2-4,7,16H,5-6,8-9H2,1H3. The van der Waals surface area contributed by atoms with E-state index in [1.54, 1.807) is 11.8 Å². The lowest BCUT2D eigenvalue weighted by atomic mass is 10.2. The molecular weight excluding hydrogens is 247 g/mol. The fraction of sp³-hybridized carbons (Fsp3) is 0.500. The Labute approximate surface area is 104 Å². The Kier molecular flexibility index (Phi) is 5.85. The number of aryl methyl sites for hydroxylation is 1. The molecule has 17 heavy (non-hydrogen) atoms. The van der Waals surface area contributed by atoms with Crippen molar-refractivity contribution in [2.24, 2.45) is 0 Å². The number of hydrogen-bond donors (Lipinski definition) is 1. The first-order chi connectivity index (χ1) is 7.97. The van der Waals surface area contributed by atoms with Crippen LogP contribution in [0.1, 0.15) is 11.1 Å². The minimum atomic E-state index is -4.11. The Bertz CT molecular complexity index is 339. The van der Waals surface area contributed by atoms with Gasteiger partial charge in [0.05, 0.1) is 6.54 Å². The van der Waals surface area contributed by atoms with E-state index >= 15 is 0 Å². The van der Waals surface area contributed by atoms with E-state index < -0.39 is 12.7 Å². The molecule has 0 aliphatic rings. The molecule has 0 radical (unpaired) electrons. The lowest BCUT2D eigenvalue weighted by Gasteiger charge is -2.08. The molecular formula is C12H16F3NS. The zero-order valence-corrected chi connectivity index (χ0v) is 10.5. The van der Waals surface area contributed by atoms with Crippen LogP contribution in [0, 0.1) is 6.92 Å². The maximum absolute atomic E-state index is 11.8. The molecule has 0 unspecified atom stereocenters. The van der Waals surface area contributed by atoms with Crippen molar-refractivity contribution in [2.45, 2.75) is 18.9 Å². The van der Waals surface area contributed by atoms with Crippen LogP contribution < -0.4 is 5.32 Å². The third-order valence-electron chi connectivity index (χ3n) is 2.10. The third kappa shape index (κ3) is 7.28. The van der Waals surface area contributed by atoms with Crippen molar-refractivity contribution in [3.05, 3.63) is 35.4 Å². The van der Waals surface area contributed by atoms with E-state index in [2.05, 4.69) is 11.4 Å². The highest BCUT2D eigenvalue weighted by Gasteiger charge is 2.25. The average molecular weight is 263 g/mol. The van der Waals surface area contributed by atoms with Crippen molar-refractivity contribution in [1.82, 2.24) is 5.32 Å². The Morgan fingerprint density at radius 2 is 2.06 bits per heavy atom. The van der Waals surface area contributed by atoms with Crippen LogP contribution in [0.2, 0.25) is 0 Å². The van der Waals surface area contributed by atoms with E-state index in [0.717, 1.165) is 5.75 Å². The van der Waals surface area contributed by atoms with Crippen molar-refractivity contribution in [3.63, 3.8) is 0 Å². The van der Waals surface area contributed by atoms with Crippen LogP contribution in [0.15, 0.2) is 24.3 Å². The molecule has 96 valence electrons. The molecule has 0 atom stereocenters. The van der Waals surface area contributed by atoms with Crippen LogP contribution in [-0.2, 0) is 5.75 Å². The van der Waals surface area contributed by atoms with E-state index in [1.807, 2.05) is 25.1 Å². The summed E-state index contributed by atoms with van der Waals surface area (Å²) < 4.78 is 35.4. The summed E-state index contributed by atoms with van der Waals surface area (Å²) in [4.78, 5) is 0. The maximum Gasteiger partial charge on any atom is 0.401 e. The zero-order chi connectivity index (χ0) is 12.7. The van der Waals surface area contributed by atoms with Gasteiger partial charge >= 0.3 is 6.18 Å². The summed E-state index contributed by atoms with van der Waals surface area (Å²) in [6.07, 6.45) is -4.11. The number of benzene rings is 1. The number of nitrogens with one attached hydrogen (secondary N) is 1. The number of rotatable bonds is 6. The number of hydrogen-bond acceptors (Lipinski definition) is 2. The molecule has 1 N–H and O–H groups in total. The van der Waals surface area contributed by atoms with E-state index in [1.165, 1.54) is 11.1 Å². The number of thioether (sulfide) groups is 1. The summed E-state index contributed by atoms with van der Waals surface area (Å²) in [5.74, 6) is 1.53. The molecule has 1 nitrogen and oxygen atoms in total. The van der Waals surface area contributed by atoms with Crippen molar-refractivity contribution in [2.75, 3.05) is 18.8 Å². The molecule has 0 spiro atoms. The van der Waals surface area contributed by atoms with Gasteiger partial charge in [-0.25, -0.2) is 0 Å². The molecule has 0 fully saturated rings. The summed E-state index contributed by atoms with van der Waals surface area (Å²) in [6, 6.07) is 8.14. The fourth-order valence-corrected chi connectivity index (χ4v) is 2.21. The highest BCUT2D eigenvalue weighted by atomic mass is 32.2. The van der Waals surface area contributed by atoms with Gasteiger partial charge in [-0.15, -0.1) is 0 Å². The van der Waals surface area contributed by atoms with Gasteiger partial charge in [0, 0.05) is 18.1 Å². The molecule has 0 aliphatic heterocycles. The van der Waals surface area contributed by atoms with Gasteiger partial charge in [-0.1, -0.05) is 29.8 Å². The summed E-state index contributed by atoms with van der Waals surface area (Å²) in [6.45, 7) is 1.51. The Morgan fingerprint density at radius 1 is 1.29 bits per heavy atom. The maximum atomic E-state index is 11.8. The molecule has 1 aromatic rings. The lowest BCUT2D eigenvalue weighted by molar-refractivity contribution is -0.124. The first-order valence-electron chi connectivity index (χ1n) is 5.38. The molecule has 1 rings (SSSR count). The number of halogens is 3. The Balaban J connectivity index is 2.09. The van der Waals surface area contributed by atoms with Crippen molar-refractivity contribution in [3.8, 4) is 0 Å². The predicted molar refractivity (Wildman–Crippen MR) is 66.3 cm³/mol. The van der Waals surface area contributed by atoms with Gasteiger partial charge in [0.2, 0.25) is 0 Å². The van der Waals surface area contributed by atoms with Gasteiger partial charge in [0.15, 0.2) is 0 Å². The van der Waals surface area contributed by atoms with E-state index in [4.69, 9.17) is 0 Å². The Morgan fingerprint density at radius 3 is 2.71 bits per heavy atom. The van der Waals surface area contributed by atoms with Crippen LogP contribution in [-0.4, -0.2) is 25.0 Å².